The van der Waals surface area contributed by atoms with Crippen LogP contribution >= 0.6 is 0 Å². The van der Waals surface area contributed by atoms with Gasteiger partial charge in [-0.25, -0.2) is 4.79 Å². The summed E-state index contributed by atoms with van der Waals surface area (Å²) in [6.45, 7) is 6.15. The number of nitrogens with one attached hydrogen (secondary N) is 2. The summed E-state index contributed by atoms with van der Waals surface area (Å²) in [4.78, 5) is 17.4. The molecule has 1 amide bonds. The Labute approximate surface area is 138 Å². The van der Waals surface area contributed by atoms with Crippen molar-refractivity contribution in [1.29, 1.82) is 0 Å². The van der Waals surface area contributed by atoms with Gasteiger partial charge in [-0.05, 0) is 52.0 Å². The minimum atomic E-state index is -0.463. The molecule has 1 aliphatic rings. The minimum Gasteiger partial charge on any atom is -0.444 e. The molecule has 23 heavy (non-hydrogen) atoms. The molecule has 1 saturated carbocycles. The predicted molar refractivity (Wildman–Crippen MR) is 89.8 cm³/mol. The third-order valence-electron chi connectivity index (χ3n) is 3.73. The zero-order chi connectivity index (χ0) is 16.7. The minimum absolute atomic E-state index is 0.136. The highest BCUT2D eigenvalue weighted by atomic mass is 16.6. The number of benzene rings is 1. The van der Waals surface area contributed by atoms with Gasteiger partial charge in [0.25, 0.3) is 0 Å². The lowest BCUT2D eigenvalue weighted by Crippen LogP contribution is -2.45. The van der Waals surface area contributed by atoms with Crippen LogP contribution in [-0.2, 0) is 16.2 Å². The molecule has 0 aliphatic heterocycles. The van der Waals surface area contributed by atoms with Crippen LogP contribution in [0.25, 0.3) is 0 Å². The number of hydrogen-bond acceptors (Lipinski definition) is 4. The molecule has 2 atom stereocenters. The molecule has 0 spiro atoms. The van der Waals surface area contributed by atoms with Crippen molar-refractivity contribution < 1.29 is 14.4 Å². The summed E-state index contributed by atoms with van der Waals surface area (Å²) in [5.41, 5.74) is 3.80. The molecule has 0 radical (unpaired) electrons. The summed E-state index contributed by atoms with van der Waals surface area (Å²) >= 11 is 0. The van der Waals surface area contributed by atoms with Gasteiger partial charge in [0.15, 0.2) is 0 Å². The zero-order valence-corrected chi connectivity index (χ0v) is 14.3. The lowest BCUT2D eigenvalue weighted by atomic mass is 9.91. The number of carbonyl (C=O) groups is 1. The Morgan fingerprint density at radius 2 is 1.87 bits per heavy atom. The van der Waals surface area contributed by atoms with Crippen molar-refractivity contribution in [2.75, 3.05) is 0 Å². The lowest BCUT2D eigenvalue weighted by Gasteiger charge is -2.30. The number of hydroxylamine groups is 1. The maximum atomic E-state index is 11.8. The molecule has 1 aliphatic carbocycles. The highest BCUT2D eigenvalue weighted by molar-refractivity contribution is 5.68. The van der Waals surface area contributed by atoms with E-state index in [1.54, 1.807) is 0 Å². The summed E-state index contributed by atoms with van der Waals surface area (Å²) < 4.78 is 5.31. The first-order valence-electron chi connectivity index (χ1n) is 8.33. The van der Waals surface area contributed by atoms with Crippen LogP contribution in [0.2, 0.25) is 0 Å². The Morgan fingerprint density at radius 3 is 2.57 bits per heavy atom. The van der Waals surface area contributed by atoms with Crippen molar-refractivity contribution in [1.82, 2.24) is 10.8 Å². The summed E-state index contributed by atoms with van der Waals surface area (Å²) in [5, 5.41) is 2.96. The number of hydrogen-bond donors (Lipinski definition) is 2. The van der Waals surface area contributed by atoms with E-state index in [2.05, 4.69) is 10.8 Å². The topological polar surface area (TPSA) is 59.6 Å². The van der Waals surface area contributed by atoms with E-state index < -0.39 is 5.60 Å². The second-order valence-electron chi connectivity index (χ2n) is 7.10. The van der Waals surface area contributed by atoms with E-state index in [0.29, 0.717) is 6.61 Å². The molecular formula is C18H28N2O3. The molecule has 128 valence electrons. The van der Waals surface area contributed by atoms with Crippen LogP contribution in [0.1, 0.15) is 52.0 Å². The molecule has 0 aromatic heterocycles. The van der Waals surface area contributed by atoms with Crippen molar-refractivity contribution in [2.45, 2.75) is 70.7 Å². The van der Waals surface area contributed by atoms with E-state index in [0.717, 1.165) is 31.2 Å². The van der Waals surface area contributed by atoms with Gasteiger partial charge in [0.05, 0.1) is 6.61 Å². The van der Waals surface area contributed by atoms with Crippen LogP contribution in [0.3, 0.4) is 0 Å². The number of ether oxygens (including phenoxy) is 1. The van der Waals surface area contributed by atoms with Crippen molar-refractivity contribution in [3.8, 4) is 0 Å². The van der Waals surface area contributed by atoms with Crippen LogP contribution < -0.4 is 10.8 Å². The SMILES string of the molecule is CC(C)(C)OC(=O)NC1CCCC(NOCc2ccccc2)C1. The molecule has 5 nitrogen and oxygen atoms in total. The maximum absolute atomic E-state index is 11.8. The van der Waals surface area contributed by atoms with E-state index in [9.17, 15) is 4.79 Å². The van der Waals surface area contributed by atoms with Gasteiger partial charge < -0.3 is 10.1 Å². The Kier molecular flexibility index (Phi) is 6.42. The van der Waals surface area contributed by atoms with Crippen molar-refractivity contribution in [2.24, 2.45) is 0 Å². The number of alkyl carbamates (subject to hydrolysis) is 1. The molecule has 0 saturated heterocycles. The van der Waals surface area contributed by atoms with Gasteiger partial charge in [-0.1, -0.05) is 30.3 Å². The van der Waals surface area contributed by atoms with Crippen molar-refractivity contribution >= 4 is 6.09 Å². The number of amides is 1. The summed E-state index contributed by atoms with van der Waals surface area (Å²) in [6, 6.07) is 10.5. The molecule has 2 unspecified atom stereocenters. The average molecular weight is 320 g/mol. The molecule has 5 heteroatoms. The van der Waals surface area contributed by atoms with Gasteiger partial charge in [-0.2, -0.15) is 5.48 Å². The Morgan fingerprint density at radius 1 is 1.17 bits per heavy atom. The third-order valence-corrected chi connectivity index (χ3v) is 3.73. The van der Waals surface area contributed by atoms with Gasteiger partial charge in [0, 0.05) is 12.1 Å². The fourth-order valence-corrected chi connectivity index (χ4v) is 2.72. The van der Waals surface area contributed by atoms with Gasteiger partial charge in [-0.15, -0.1) is 0 Å². The highest BCUT2D eigenvalue weighted by Crippen LogP contribution is 2.19. The first-order chi connectivity index (χ1) is 10.9. The van der Waals surface area contributed by atoms with Crippen LogP contribution in [-0.4, -0.2) is 23.8 Å². The molecule has 0 heterocycles. The summed E-state index contributed by atoms with van der Waals surface area (Å²) in [6.07, 6.45) is 3.62. The third kappa shape index (κ3) is 7.01. The van der Waals surface area contributed by atoms with Gasteiger partial charge >= 0.3 is 6.09 Å². The first-order valence-corrected chi connectivity index (χ1v) is 8.33. The van der Waals surface area contributed by atoms with E-state index in [1.165, 1.54) is 0 Å². The van der Waals surface area contributed by atoms with Crippen molar-refractivity contribution in [3.05, 3.63) is 35.9 Å². The Bertz CT molecular complexity index is 485. The maximum Gasteiger partial charge on any atom is 0.407 e. The monoisotopic (exact) mass is 320 g/mol. The lowest BCUT2D eigenvalue weighted by molar-refractivity contribution is -0.00852. The van der Waals surface area contributed by atoms with E-state index in [4.69, 9.17) is 9.57 Å². The van der Waals surface area contributed by atoms with Gasteiger partial charge in [0.1, 0.15) is 5.60 Å². The molecule has 1 aromatic carbocycles. The average Bonchev–Trinajstić information content (AvgIpc) is 2.46. The normalized spacial score (nSPS) is 21.7. The largest absolute Gasteiger partial charge is 0.444 e. The van der Waals surface area contributed by atoms with Crippen LogP contribution in [0.5, 0.6) is 0 Å². The Balaban J connectivity index is 1.70. The number of rotatable bonds is 5. The molecular weight excluding hydrogens is 292 g/mol. The van der Waals surface area contributed by atoms with Crippen molar-refractivity contribution in [3.63, 3.8) is 0 Å². The standard InChI is InChI=1S/C18H28N2O3/c1-18(2,3)23-17(21)19-15-10-7-11-16(12-15)20-22-13-14-8-5-4-6-9-14/h4-6,8-9,15-16,20H,7,10-13H2,1-3H3,(H,19,21). The second-order valence-corrected chi connectivity index (χ2v) is 7.10. The first kappa shape index (κ1) is 17.8. The molecule has 1 aromatic rings. The Hall–Kier alpha value is -1.59. The molecule has 2 rings (SSSR count). The van der Waals surface area contributed by atoms with Crippen LogP contribution in [0.4, 0.5) is 4.79 Å². The second kappa shape index (κ2) is 8.31. The van der Waals surface area contributed by atoms with Gasteiger partial charge in [0.2, 0.25) is 0 Å². The quantitative estimate of drug-likeness (QED) is 0.815. The fraction of sp³-hybridized carbons (Fsp3) is 0.611. The van der Waals surface area contributed by atoms with Crippen LogP contribution in [0, 0.1) is 0 Å². The smallest absolute Gasteiger partial charge is 0.407 e. The van der Waals surface area contributed by atoms with Crippen LogP contribution in [0.15, 0.2) is 30.3 Å². The highest BCUT2D eigenvalue weighted by Gasteiger charge is 2.25. The van der Waals surface area contributed by atoms with E-state index in [-0.39, 0.29) is 18.2 Å². The molecule has 2 N–H and O–H groups in total. The summed E-state index contributed by atoms with van der Waals surface area (Å²) in [5.74, 6) is 0. The zero-order valence-electron chi connectivity index (χ0n) is 14.3. The van der Waals surface area contributed by atoms with E-state index >= 15 is 0 Å². The molecule has 1 fully saturated rings. The predicted octanol–water partition coefficient (Wildman–Crippen LogP) is 3.54. The van der Waals surface area contributed by atoms with Gasteiger partial charge in [-0.3, -0.25) is 4.84 Å². The summed E-state index contributed by atoms with van der Waals surface area (Å²) in [7, 11) is 0. The van der Waals surface area contributed by atoms with E-state index in [1.807, 2.05) is 51.1 Å². The fourth-order valence-electron chi connectivity index (χ4n) is 2.72. The number of carbonyl (C=O) groups excluding carboxylic acids is 1. The molecule has 0 bridgehead atoms.